The van der Waals surface area contributed by atoms with Gasteiger partial charge in [0, 0.05) is 43.9 Å². The number of aryl methyl sites for hydroxylation is 1. The zero-order valence-electron chi connectivity index (χ0n) is 13.4. The van der Waals surface area contributed by atoms with Crippen molar-refractivity contribution in [2.75, 3.05) is 24.3 Å². The van der Waals surface area contributed by atoms with Crippen LogP contribution >= 0.6 is 0 Å². The van der Waals surface area contributed by atoms with E-state index in [0.29, 0.717) is 6.42 Å². The third-order valence-electron chi connectivity index (χ3n) is 3.90. The van der Waals surface area contributed by atoms with Crippen LogP contribution in [-0.4, -0.2) is 24.6 Å². The molecule has 2 aromatic rings. The first-order chi connectivity index (χ1) is 9.88. The van der Waals surface area contributed by atoms with Crippen LogP contribution in [0.3, 0.4) is 0 Å². The number of hydrogen-bond donors (Lipinski definition) is 1. The van der Waals surface area contributed by atoms with E-state index in [-0.39, 0.29) is 5.91 Å². The highest BCUT2D eigenvalue weighted by atomic mass is 16.1. The number of benzene rings is 1. The van der Waals surface area contributed by atoms with E-state index in [1.54, 1.807) is 0 Å². The van der Waals surface area contributed by atoms with Crippen LogP contribution in [0.15, 0.2) is 30.3 Å². The SMILES string of the molecule is Cc1cc(CC(=O)Nc2ccc(N(C)C)cc2)c(C)n1C. The van der Waals surface area contributed by atoms with Gasteiger partial charge in [-0.25, -0.2) is 0 Å². The molecule has 2 rings (SSSR count). The average molecular weight is 285 g/mol. The van der Waals surface area contributed by atoms with Crippen LogP contribution in [0.4, 0.5) is 11.4 Å². The van der Waals surface area contributed by atoms with Gasteiger partial charge in [0.2, 0.25) is 5.91 Å². The Morgan fingerprint density at radius 1 is 1.19 bits per heavy atom. The van der Waals surface area contributed by atoms with Crippen molar-refractivity contribution < 1.29 is 4.79 Å². The first-order valence-electron chi connectivity index (χ1n) is 7.07. The first kappa shape index (κ1) is 15.2. The largest absolute Gasteiger partial charge is 0.378 e. The number of rotatable bonds is 4. The van der Waals surface area contributed by atoms with Crippen LogP contribution in [0.2, 0.25) is 0 Å². The Labute approximate surface area is 126 Å². The molecule has 0 radical (unpaired) electrons. The molecule has 0 fully saturated rings. The average Bonchev–Trinajstić information content (AvgIpc) is 2.67. The third kappa shape index (κ3) is 3.45. The molecule has 112 valence electrons. The third-order valence-corrected chi connectivity index (χ3v) is 3.90. The molecule has 0 saturated carbocycles. The molecule has 4 heteroatoms. The molecule has 4 nitrogen and oxygen atoms in total. The summed E-state index contributed by atoms with van der Waals surface area (Å²) in [6.45, 7) is 4.09. The van der Waals surface area contributed by atoms with Crippen LogP contribution in [0, 0.1) is 13.8 Å². The molecule has 0 bridgehead atoms. The number of amides is 1. The molecule has 1 N–H and O–H groups in total. The molecule has 0 unspecified atom stereocenters. The van der Waals surface area contributed by atoms with Crippen LogP contribution in [-0.2, 0) is 18.3 Å². The summed E-state index contributed by atoms with van der Waals surface area (Å²) in [7, 11) is 6.01. The highest BCUT2D eigenvalue weighted by Crippen LogP contribution is 2.17. The van der Waals surface area contributed by atoms with Gasteiger partial charge >= 0.3 is 0 Å². The fourth-order valence-electron chi connectivity index (χ4n) is 2.33. The summed E-state index contributed by atoms with van der Waals surface area (Å²) in [6, 6.07) is 9.91. The van der Waals surface area contributed by atoms with Gasteiger partial charge in [-0.2, -0.15) is 0 Å². The Bertz CT molecular complexity index is 639. The van der Waals surface area contributed by atoms with Crippen molar-refractivity contribution >= 4 is 17.3 Å². The van der Waals surface area contributed by atoms with E-state index >= 15 is 0 Å². The Hall–Kier alpha value is -2.23. The second-order valence-corrected chi connectivity index (χ2v) is 5.62. The Kier molecular flexibility index (Phi) is 4.36. The van der Waals surface area contributed by atoms with Gasteiger partial charge in [0.05, 0.1) is 6.42 Å². The van der Waals surface area contributed by atoms with Gasteiger partial charge < -0.3 is 14.8 Å². The van der Waals surface area contributed by atoms with E-state index < -0.39 is 0 Å². The minimum Gasteiger partial charge on any atom is -0.378 e. The van der Waals surface area contributed by atoms with Crippen molar-refractivity contribution in [2.45, 2.75) is 20.3 Å². The summed E-state index contributed by atoms with van der Waals surface area (Å²) in [5.41, 5.74) is 5.34. The molecule has 1 aromatic carbocycles. The minimum atomic E-state index is 0.0151. The Morgan fingerprint density at radius 2 is 1.81 bits per heavy atom. The van der Waals surface area contributed by atoms with Gasteiger partial charge in [-0.3, -0.25) is 4.79 Å². The van der Waals surface area contributed by atoms with Gasteiger partial charge in [0.15, 0.2) is 0 Å². The normalized spacial score (nSPS) is 10.5. The molecule has 0 aliphatic carbocycles. The standard InChI is InChI=1S/C17H23N3O/c1-12-10-14(13(2)20(12)5)11-17(21)18-15-6-8-16(9-7-15)19(3)4/h6-10H,11H2,1-5H3,(H,18,21). The van der Waals surface area contributed by atoms with Gasteiger partial charge in [-0.05, 0) is 49.7 Å². The number of aromatic nitrogens is 1. The smallest absolute Gasteiger partial charge is 0.228 e. The molecule has 1 heterocycles. The lowest BCUT2D eigenvalue weighted by molar-refractivity contribution is -0.115. The zero-order chi connectivity index (χ0) is 15.6. The zero-order valence-corrected chi connectivity index (χ0v) is 13.4. The maximum absolute atomic E-state index is 12.1. The van der Waals surface area contributed by atoms with Gasteiger partial charge in [0.25, 0.3) is 0 Å². The van der Waals surface area contributed by atoms with Crippen LogP contribution in [0.1, 0.15) is 17.0 Å². The van der Waals surface area contributed by atoms with Gasteiger partial charge in [0.1, 0.15) is 0 Å². The van der Waals surface area contributed by atoms with E-state index in [2.05, 4.69) is 16.0 Å². The van der Waals surface area contributed by atoms with E-state index in [9.17, 15) is 4.79 Å². The number of carbonyl (C=O) groups is 1. The summed E-state index contributed by atoms with van der Waals surface area (Å²) in [6.07, 6.45) is 0.406. The Morgan fingerprint density at radius 3 is 2.29 bits per heavy atom. The fraction of sp³-hybridized carbons (Fsp3) is 0.353. The fourth-order valence-corrected chi connectivity index (χ4v) is 2.33. The monoisotopic (exact) mass is 285 g/mol. The van der Waals surface area contributed by atoms with Crippen LogP contribution in [0.5, 0.6) is 0 Å². The van der Waals surface area contributed by atoms with Crippen molar-refractivity contribution in [3.05, 3.63) is 47.3 Å². The number of nitrogens with one attached hydrogen (secondary N) is 1. The van der Waals surface area contributed by atoms with E-state index in [0.717, 1.165) is 22.6 Å². The molecular formula is C17H23N3O. The highest BCUT2D eigenvalue weighted by molar-refractivity contribution is 5.92. The summed E-state index contributed by atoms with van der Waals surface area (Å²) in [5.74, 6) is 0.0151. The quantitative estimate of drug-likeness (QED) is 0.938. The number of nitrogens with zero attached hydrogens (tertiary/aromatic N) is 2. The number of carbonyl (C=O) groups excluding carboxylic acids is 1. The molecule has 1 amide bonds. The maximum atomic E-state index is 12.1. The lowest BCUT2D eigenvalue weighted by Gasteiger charge is -2.13. The second-order valence-electron chi connectivity index (χ2n) is 5.62. The summed E-state index contributed by atoms with van der Waals surface area (Å²) >= 11 is 0. The number of anilines is 2. The molecule has 0 atom stereocenters. The van der Waals surface area contributed by atoms with Crippen molar-refractivity contribution in [2.24, 2.45) is 7.05 Å². The molecule has 0 aliphatic heterocycles. The molecule has 0 saturated heterocycles. The van der Waals surface area contributed by atoms with E-state index in [1.807, 2.05) is 64.2 Å². The van der Waals surface area contributed by atoms with Gasteiger partial charge in [-0.15, -0.1) is 0 Å². The highest BCUT2D eigenvalue weighted by Gasteiger charge is 2.10. The molecular weight excluding hydrogens is 262 g/mol. The molecule has 0 spiro atoms. The summed E-state index contributed by atoms with van der Waals surface area (Å²) in [4.78, 5) is 14.2. The van der Waals surface area contributed by atoms with E-state index in [1.165, 1.54) is 5.69 Å². The predicted molar refractivity (Wildman–Crippen MR) is 88.0 cm³/mol. The topological polar surface area (TPSA) is 37.3 Å². The lowest BCUT2D eigenvalue weighted by Crippen LogP contribution is -2.15. The summed E-state index contributed by atoms with van der Waals surface area (Å²) in [5, 5.41) is 2.95. The van der Waals surface area contributed by atoms with Crippen molar-refractivity contribution in [3.8, 4) is 0 Å². The predicted octanol–water partition coefficient (Wildman–Crippen LogP) is 2.89. The minimum absolute atomic E-state index is 0.0151. The lowest BCUT2D eigenvalue weighted by atomic mass is 10.1. The number of hydrogen-bond acceptors (Lipinski definition) is 2. The second kappa shape index (κ2) is 6.04. The van der Waals surface area contributed by atoms with Crippen LogP contribution in [0.25, 0.3) is 0 Å². The van der Waals surface area contributed by atoms with Crippen LogP contribution < -0.4 is 10.2 Å². The van der Waals surface area contributed by atoms with Gasteiger partial charge in [-0.1, -0.05) is 0 Å². The first-order valence-corrected chi connectivity index (χ1v) is 7.07. The van der Waals surface area contributed by atoms with Crippen molar-refractivity contribution in [1.29, 1.82) is 0 Å². The van der Waals surface area contributed by atoms with Crippen molar-refractivity contribution in [1.82, 2.24) is 4.57 Å². The molecule has 0 aliphatic rings. The Balaban J connectivity index is 2.03. The molecule has 21 heavy (non-hydrogen) atoms. The maximum Gasteiger partial charge on any atom is 0.228 e. The van der Waals surface area contributed by atoms with E-state index in [4.69, 9.17) is 0 Å². The molecule has 1 aromatic heterocycles. The van der Waals surface area contributed by atoms with Crippen molar-refractivity contribution in [3.63, 3.8) is 0 Å². The summed E-state index contributed by atoms with van der Waals surface area (Å²) < 4.78 is 2.11.